The van der Waals surface area contributed by atoms with Gasteiger partial charge in [-0.15, -0.1) is 0 Å². The number of aromatic nitrogens is 2. The highest BCUT2D eigenvalue weighted by molar-refractivity contribution is 9.10. The Morgan fingerprint density at radius 1 is 1.54 bits per heavy atom. The summed E-state index contributed by atoms with van der Waals surface area (Å²) in [6.07, 6.45) is 1.83. The van der Waals surface area contributed by atoms with Gasteiger partial charge in [0.25, 0.3) is 0 Å². The zero-order valence-electron chi connectivity index (χ0n) is 7.26. The lowest BCUT2D eigenvalue weighted by Gasteiger charge is -2.02. The summed E-state index contributed by atoms with van der Waals surface area (Å²) in [6.45, 7) is 0.845. The first-order chi connectivity index (χ1) is 6.31. The maximum atomic E-state index is 4.01. The molecule has 2 N–H and O–H groups in total. The molecule has 1 aromatic carbocycles. The molecule has 2 rings (SSSR count). The number of halogens is 1. The van der Waals surface area contributed by atoms with Crippen molar-refractivity contribution in [1.29, 1.82) is 0 Å². The molecule has 0 amide bonds. The molecule has 0 atom stereocenters. The van der Waals surface area contributed by atoms with Crippen molar-refractivity contribution in [2.75, 3.05) is 7.05 Å². The fraction of sp³-hybridized carbons (Fsp3) is 0.222. The summed E-state index contributed by atoms with van der Waals surface area (Å²) in [7, 11) is 1.93. The number of nitrogens with zero attached hydrogens (tertiary/aromatic N) is 1. The van der Waals surface area contributed by atoms with Crippen molar-refractivity contribution in [3.05, 3.63) is 28.4 Å². The number of H-pyrrole nitrogens is 1. The molecule has 1 aromatic heterocycles. The molecule has 1 heterocycles. The molecule has 0 aliphatic heterocycles. The van der Waals surface area contributed by atoms with E-state index in [9.17, 15) is 0 Å². The van der Waals surface area contributed by atoms with Crippen molar-refractivity contribution < 1.29 is 0 Å². The standard InChI is InChI=1S/C9H10BrN3/c1-11-4-6-2-8(10)3-7-5-12-13-9(6)7/h2-3,5,11H,4H2,1H3,(H,12,13). The fourth-order valence-electron chi connectivity index (χ4n) is 1.42. The van der Waals surface area contributed by atoms with Crippen molar-refractivity contribution in [3.8, 4) is 0 Å². The van der Waals surface area contributed by atoms with E-state index in [-0.39, 0.29) is 0 Å². The van der Waals surface area contributed by atoms with Gasteiger partial charge >= 0.3 is 0 Å². The van der Waals surface area contributed by atoms with Gasteiger partial charge in [-0.1, -0.05) is 15.9 Å². The third-order valence-electron chi connectivity index (χ3n) is 1.96. The zero-order valence-corrected chi connectivity index (χ0v) is 8.85. The molecule has 0 fully saturated rings. The third-order valence-corrected chi connectivity index (χ3v) is 2.42. The molecule has 0 aliphatic rings. The van der Waals surface area contributed by atoms with Gasteiger partial charge in [0.05, 0.1) is 11.7 Å². The number of hydrogen-bond acceptors (Lipinski definition) is 2. The van der Waals surface area contributed by atoms with Gasteiger partial charge in [0.2, 0.25) is 0 Å². The topological polar surface area (TPSA) is 40.7 Å². The van der Waals surface area contributed by atoms with E-state index in [1.165, 1.54) is 5.56 Å². The molecule has 0 unspecified atom stereocenters. The first-order valence-electron chi connectivity index (χ1n) is 4.07. The van der Waals surface area contributed by atoms with Crippen LogP contribution in [0.15, 0.2) is 22.8 Å². The minimum Gasteiger partial charge on any atom is -0.316 e. The molecule has 0 radical (unpaired) electrons. The molecule has 0 saturated carbocycles. The third kappa shape index (κ3) is 1.59. The Morgan fingerprint density at radius 3 is 3.15 bits per heavy atom. The second-order valence-electron chi connectivity index (χ2n) is 2.93. The molecule has 13 heavy (non-hydrogen) atoms. The predicted molar refractivity (Wildman–Crippen MR) is 56.6 cm³/mol. The number of fused-ring (bicyclic) bond motifs is 1. The van der Waals surface area contributed by atoms with E-state index in [1.807, 2.05) is 13.2 Å². The molecule has 0 aliphatic carbocycles. The number of nitrogens with one attached hydrogen (secondary N) is 2. The van der Waals surface area contributed by atoms with E-state index in [2.05, 4.69) is 43.6 Å². The Labute approximate surface area is 84.7 Å². The van der Waals surface area contributed by atoms with Crippen LogP contribution in [0.2, 0.25) is 0 Å². The van der Waals surface area contributed by atoms with E-state index in [4.69, 9.17) is 0 Å². The van der Waals surface area contributed by atoms with Gasteiger partial charge in [0.15, 0.2) is 0 Å². The first kappa shape index (κ1) is 8.72. The van der Waals surface area contributed by atoms with Crippen LogP contribution < -0.4 is 5.32 Å². The van der Waals surface area contributed by atoms with Gasteiger partial charge in [-0.2, -0.15) is 5.10 Å². The summed E-state index contributed by atoms with van der Waals surface area (Å²) in [4.78, 5) is 0. The summed E-state index contributed by atoms with van der Waals surface area (Å²) < 4.78 is 1.09. The van der Waals surface area contributed by atoms with Gasteiger partial charge < -0.3 is 5.32 Å². The second-order valence-corrected chi connectivity index (χ2v) is 3.85. The molecular weight excluding hydrogens is 230 g/mol. The van der Waals surface area contributed by atoms with Crippen LogP contribution in [0, 0.1) is 0 Å². The normalized spacial score (nSPS) is 10.9. The number of aromatic amines is 1. The van der Waals surface area contributed by atoms with E-state index < -0.39 is 0 Å². The Morgan fingerprint density at radius 2 is 2.38 bits per heavy atom. The maximum absolute atomic E-state index is 4.01. The van der Waals surface area contributed by atoms with Crippen LogP contribution in [-0.2, 0) is 6.54 Å². The molecule has 4 heteroatoms. The highest BCUT2D eigenvalue weighted by Crippen LogP contribution is 2.22. The lowest BCUT2D eigenvalue weighted by molar-refractivity contribution is 0.820. The van der Waals surface area contributed by atoms with Crippen LogP contribution in [0.1, 0.15) is 5.56 Å². The van der Waals surface area contributed by atoms with Gasteiger partial charge in [-0.3, -0.25) is 5.10 Å². The van der Waals surface area contributed by atoms with Crippen molar-refractivity contribution in [2.45, 2.75) is 6.54 Å². The predicted octanol–water partition coefficient (Wildman–Crippen LogP) is 2.04. The average molecular weight is 240 g/mol. The minimum atomic E-state index is 0.845. The summed E-state index contributed by atoms with van der Waals surface area (Å²) in [5.41, 5.74) is 2.34. The monoisotopic (exact) mass is 239 g/mol. The number of hydrogen-bond donors (Lipinski definition) is 2. The van der Waals surface area contributed by atoms with Crippen LogP contribution in [0.5, 0.6) is 0 Å². The molecule has 3 nitrogen and oxygen atoms in total. The van der Waals surface area contributed by atoms with Gasteiger partial charge in [0.1, 0.15) is 0 Å². The molecule has 68 valence electrons. The summed E-state index contributed by atoms with van der Waals surface area (Å²) in [5.74, 6) is 0. The lowest BCUT2D eigenvalue weighted by atomic mass is 10.1. The van der Waals surface area contributed by atoms with Crippen LogP contribution in [0.3, 0.4) is 0 Å². The fourth-order valence-corrected chi connectivity index (χ4v) is 1.94. The number of rotatable bonds is 2. The molecule has 0 bridgehead atoms. The first-order valence-corrected chi connectivity index (χ1v) is 4.86. The smallest absolute Gasteiger partial charge is 0.0696 e. The zero-order chi connectivity index (χ0) is 9.26. The van der Waals surface area contributed by atoms with Crippen LogP contribution in [0.25, 0.3) is 10.9 Å². The lowest BCUT2D eigenvalue weighted by Crippen LogP contribution is -2.05. The highest BCUT2D eigenvalue weighted by Gasteiger charge is 2.03. The van der Waals surface area contributed by atoms with Crippen LogP contribution in [-0.4, -0.2) is 17.2 Å². The maximum Gasteiger partial charge on any atom is 0.0696 e. The Hall–Kier alpha value is -0.870. The molecule has 0 spiro atoms. The molecule has 0 saturated heterocycles. The minimum absolute atomic E-state index is 0.845. The average Bonchev–Trinajstić information content (AvgIpc) is 2.52. The van der Waals surface area contributed by atoms with Crippen molar-refractivity contribution in [2.24, 2.45) is 0 Å². The van der Waals surface area contributed by atoms with Crippen molar-refractivity contribution in [1.82, 2.24) is 15.5 Å². The van der Waals surface area contributed by atoms with Gasteiger partial charge in [-0.25, -0.2) is 0 Å². The van der Waals surface area contributed by atoms with Gasteiger partial charge in [0, 0.05) is 16.4 Å². The number of benzene rings is 1. The summed E-state index contributed by atoms with van der Waals surface area (Å²) in [5, 5.41) is 11.3. The Balaban J connectivity index is 2.63. The quantitative estimate of drug-likeness (QED) is 0.843. The Bertz CT molecular complexity index is 422. The van der Waals surface area contributed by atoms with Crippen LogP contribution >= 0.6 is 15.9 Å². The SMILES string of the molecule is CNCc1cc(Br)cc2cn[nH]c12. The molecular formula is C9H10BrN3. The van der Waals surface area contributed by atoms with Crippen LogP contribution in [0.4, 0.5) is 0 Å². The largest absolute Gasteiger partial charge is 0.316 e. The second kappa shape index (κ2) is 3.47. The van der Waals surface area contributed by atoms with Crippen molar-refractivity contribution in [3.63, 3.8) is 0 Å². The Kier molecular flexibility index (Phi) is 2.33. The summed E-state index contributed by atoms with van der Waals surface area (Å²) >= 11 is 3.47. The summed E-state index contributed by atoms with van der Waals surface area (Å²) in [6, 6.07) is 4.15. The van der Waals surface area contributed by atoms with Gasteiger partial charge in [-0.05, 0) is 24.7 Å². The highest BCUT2D eigenvalue weighted by atomic mass is 79.9. The van der Waals surface area contributed by atoms with E-state index in [0.29, 0.717) is 0 Å². The van der Waals surface area contributed by atoms with E-state index >= 15 is 0 Å². The van der Waals surface area contributed by atoms with Crippen molar-refractivity contribution >= 4 is 26.8 Å². The van der Waals surface area contributed by atoms with E-state index in [0.717, 1.165) is 21.9 Å². The molecule has 2 aromatic rings. The van der Waals surface area contributed by atoms with E-state index in [1.54, 1.807) is 0 Å².